The number of amides is 1. The lowest BCUT2D eigenvalue weighted by Crippen LogP contribution is -2.44. The molecule has 1 saturated heterocycles. The zero-order valence-corrected chi connectivity index (χ0v) is 14.9. The number of carbonyl (C=O) groups excluding carboxylic acids is 1. The number of anilines is 3. The normalized spacial score (nSPS) is 16.9. The number of nitrogens with one attached hydrogen (secondary N) is 3. The number of para-hydroxylation sites is 1. The minimum atomic E-state index is -0.0395. The van der Waals surface area contributed by atoms with Gasteiger partial charge < -0.3 is 20.5 Å². The molecule has 1 aliphatic rings. The predicted octanol–water partition coefficient (Wildman–Crippen LogP) is 2.69. The predicted molar refractivity (Wildman–Crippen MR) is 105 cm³/mol. The molecule has 0 radical (unpaired) electrons. The molecule has 0 aliphatic carbocycles. The molecule has 4 rings (SSSR count). The topological polar surface area (TPSA) is 98.8 Å². The molecule has 27 heavy (non-hydrogen) atoms. The molecule has 1 atom stereocenters. The van der Waals surface area contributed by atoms with E-state index < -0.39 is 0 Å². The van der Waals surface area contributed by atoms with E-state index in [4.69, 9.17) is 0 Å². The second kappa shape index (κ2) is 7.45. The highest BCUT2D eigenvalue weighted by Crippen LogP contribution is 2.23. The van der Waals surface area contributed by atoms with E-state index in [-0.39, 0.29) is 11.9 Å². The Hall–Kier alpha value is -3.42. The zero-order chi connectivity index (χ0) is 18.6. The summed E-state index contributed by atoms with van der Waals surface area (Å²) in [5, 5.41) is 6.66. The first kappa shape index (κ1) is 17.0. The van der Waals surface area contributed by atoms with Crippen LogP contribution in [0.3, 0.4) is 0 Å². The Kier molecular flexibility index (Phi) is 4.69. The fourth-order valence-electron chi connectivity index (χ4n) is 3.26. The Morgan fingerprint density at radius 1 is 1.30 bits per heavy atom. The quantitative estimate of drug-likeness (QED) is 0.603. The number of likely N-dealkylation sites (tertiary alicyclic amines) is 1. The summed E-state index contributed by atoms with van der Waals surface area (Å²) in [6.07, 6.45) is 4.86. The zero-order valence-electron chi connectivity index (χ0n) is 14.9. The van der Waals surface area contributed by atoms with Gasteiger partial charge in [-0.3, -0.25) is 4.79 Å². The lowest BCUT2D eigenvalue weighted by atomic mass is 10.1. The van der Waals surface area contributed by atoms with Gasteiger partial charge in [0.25, 0.3) is 0 Å². The molecule has 8 heteroatoms. The van der Waals surface area contributed by atoms with Gasteiger partial charge in [-0.25, -0.2) is 4.98 Å². The number of nitrogens with zero attached hydrogens (tertiary/aromatic N) is 4. The molecule has 138 valence electrons. The van der Waals surface area contributed by atoms with Crippen molar-refractivity contribution in [2.45, 2.75) is 18.9 Å². The summed E-state index contributed by atoms with van der Waals surface area (Å²) in [6, 6.07) is 9.85. The van der Waals surface area contributed by atoms with Crippen LogP contribution in [0.1, 0.15) is 12.8 Å². The number of imidazole rings is 1. The van der Waals surface area contributed by atoms with Gasteiger partial charge in [-0.2, -0.15) is 9.97 Å². The third-order valence-corrected chi connectivity index (χ3v) is 4.56. The number of hydrogen-bond donors (Lipinski definition) is 3. The number of H-pyrrole nitrogens is 1. The maximum atomic E-state index is 11.9. The van der Waals surface area contributed by atoms with Crippen LogP contribution in [0.15, 0.2) is 49.3 Å². The average molecular weight is 363 g/mol. The van der Waals surface area contributed by atoms with E-state index in [1.165, 1.54) is 6.08 Å². The van der Waals surface area contributed by atoms with Crippen molar-refractivity contribution in [1.82, 2.24) is 24.8 Å². The molecular weight excluding hydrogens is 342 g/mol. The van der Waals surface area contributed by atoms with Gasteiger partial charge in [-0.05, 0) is 31.1 Å². The van der Waals surface area contributed by atoms with Crippen molar-refractivity contribution in [2.75, 3.05) is 23.7 Å². The molecule has 3 aromatic rings. The van der Waals surface area contributed by atoms with Crippen LogP contribution in [0.4, 0.5) is 17.5 Å². The molecule has 1 aromatic carbocycles. The van der Waals surface area contributed by atoms with E-state index in [0.717, 1.165) is 30.6 Å². The summed E-state index contributed by atoms with van der Waals surface area (Å²) in [6.45, 7) is 4.95. The van der Waals surface area contributed by atoms with E-state index in [0.29, 0.717) is 24.0 Å². The Morgan fingerprint density at radius 2 is 2.15 bits per heavy atom. The highest BCUT2D eigenvalue weighted by molar-refractivity contribution is 5.87. The Labute approximate surface area is 156 Å². The molecule has 1 unspecified atom stereocenters. The number of aromatic nitrogens is 4. The van der Waals surface area contributed by atoms with Gasteiger partial charge in [0.2, 0.25) is 11.9 Å². The summed E-state index contributed by atoms with van der Waals surface area (Å²) in [5.74, 6) is 1.11. The summed E-state index contributed by atoms with van der Waals surface area (Å²) in [7, 11) is 0. The molecule has 2 aromatic heterocycles. The number of carbonyl (C=O) groups is 1. The summed E-state index contributed by atoms with van der Waals surface area (Å²) >= 11 is 0. The number of rotatable bonds is 5. The molecule has 8 nitrogen and oxygen atoms in total. The summed E-state index contributed by atoms with van der Waals surface area (Å²) < 4.78 is 0. The molecule has 0 saturated carbocycles. The third kappa shape index (κ3) is 3.74. The number of piperidine rings is 1. The van der Waals surface area contributed by atoms with Crippen molar-refractivity contribution >= 4 is 34.5 Å². The van der Waals surface area contributed by atoms with Crippen molar-refractivity contribution < 1.29 is 4.79 Å². The Morgan fingerprint density at radius 3 is 2.96 bits per heavy atom. The Balaban J connectivity index is 1.58. The molecule has 3 N–H and O–H groups in total. The highest BCUT2D eigenvalue weighted by Gasteiger charge is 2.23. The first-order valence-corrected chi connectivity index (χ1v) is 8.94. The van der Waals surface area contributed by atoms with Crippen LogP contribution < -0.4 is 10.6 Å². The lowest BCUT2D eigenvalue weighted by molar-refractivity contribution is -0.127. The van der Waals surface area contributed by atoms with E-state index in [1.807, 2.05) is 35.2 Å². The SMILES string of the molecule is C=CC(=O)N1CCCC(Nc2nc(Nc3ccccc3)nc3nc[nH]c23)C1. The van der Waals surface area contributed by atoms with E-state index in [2.05, 4.69) is 37.1 Å². The number of fused-ring (bicyclic) bond motifs is 1. The minimum Gasteiger partial charge on any atom is -0.364 e. The molecule has 1 amide bonds. The molecule has 1 fully saturated rings. The highest BCUT2D eigenvalue weighted by atomic mass is 16.2. The maximum absolute atomic E-state index is 11.9. The molecule has 1 aliphatic heterocycles. The van der Waals surface area contributed by atoms with Crippen LogP contribution in [-0.4, -0.2) is 49.9 Å². The van der Waals surface area contributed by atoms with Crippen LogP contribution in [0, 0.1) is 0 Å². The first-order chi connectivity index (χ1) is 13.2. The van der Waals surface area contributed by atoms with Gasteiger partial charge in [0.1, 0.15) is 5.52 Å². The second-order valence-electron chi connectivity index (χ2n) is 6.46. The van der Waals surface area contributed by atoms with Crippen molar-refractivity contribution in [3.63, 3.8) is 0 Å². The monoisotopic (exact) mass is 363 g/mol. The molecule has 0 bridgehead atoms. The van der Waals surface area contributed by atoms with Crippen molar-refractivity contribution in [1.29, 1.82) is 0 Å². The number of hydrogen-bond acceptors (Lipinski definition) is 6. The van der Waals surface area contributed by atoms with E-state index >= 15 is 0 Å². The van der Waals surface area contributed by atoms with Gasteiger partial charge in [-0.1, -0.05) is 24.8 Å². The summed E-state index contributed by atoms with van der Waals surface area (Å²) in [4.78, 5) is 30.2. The largest absolute Gasteiger partial charge is 0.364 e. The van der Waals surface area contributed by atoms with Gasteiger partial charge in [0.05, 0.1) is 6.33 Å². The molecule has 3 heterocycles. The van der Waals surface area contributed by atoms with Crippen molar-refractivity contribution in [3.8, 4) is 0 Å². The summed E-state index contributed by atoms with van der Waals surface area (Å²) in [5.41, 5.74) is 2.24. The van der Waals surface area contributed by atoms with Crippen LogP contribution in [-0.2, 0) is 4.79 Å². The minimum absolute atomic E-state index is 0.0395. The smallest absolute Gasteiger partial charge is 0.246 e. The third-order valence-electron chi connectivity index (χ3n) is 4.56. The van der Waals surface area contributed by atoms with Gasteiger partial charge >= 0.3 is 0 Å². The second-order valence-corrected chi connectivity index (χ2v) is 6.46. The lowest BCUT2D eigenvalue weighted by Gasteiger charge is -2.32. The van der Waals surface area contributed by atoms with Crippen molar-refractivity contribution in [3.05, 3.63) is 49.3 Å². The van der Waals surface area contributed by atoms with Gasteiger partial charge in [0.15, 0.2) is 11.5 Å². The van der Waals surface area contributed by atoms with Crippen LogP contribution in [0.2, 0.25) is 0 Å². The van der Waals surface area contributed by atoms with E-state index in [9.17, 15) is 4.79 Å². The first-order valence-electron chi connectivity index (χ1n) is 8.94. The fraction of sp³-hybridized carbons (Fsp3) is 0.263. The van der Waals surface area contributed by atoms with Crippen LogP contribution >= 0.6 is 0 Å². The van der Waals surface area contributed by atoms with E-state index in [1.54, 1.807) is 6.33 Å². The number of aromatic amines is 1. The van der Waals surface area contributed by atoms with Gasteiger partial charge in [-0.15, -0.1) is 0 Å². The van der Waals surface area contributed by atoms with Crippen LogP contribution in [0.5, 0.6) is 0 Å². The standard InChI is InChI=1S/C19H21N7O/c1-2-15(27)26-10-6-9-14(11-26)22-18-16-17(21-12-20-16)24-19(25-18)23-13-7-4-3-5-8-13/h2-5,7-8,12,14H,1,6,9-11H2,(H3,20,21,22,23,24,25). The molecule has 0 spiro atoms. The van der Waals surface area contributed by atoms with Crippen LogP contribution in [0.25, 0.3) is 11.2 Å². The number of benzene rings is 1. The molecular formula is C19H21N7O. The average Bonchev–Trinajstić information content (AvgIpc) is 3.17. The fourth-order valence-corrected chi connectivity index (χ4v) is 3.26. The van der Waals surface area contributed by atoms with Gasteiger partial charge in [0, 0.05) is 24.8 Å². The van der Waals surface area contributed by atoms with Crippen molar-refractivity contribution in [2.24, 2.45) is 0 Å². The Bertz CT molecular complexity index is 953. The maximum Gasteiger partial charge on any atom is 0.246 e.